The van der Waals surface area contributed by atoms with Crippen LogP contribution in [0.2, 0.25) is 0 Å². The second kappa shape index (κ2) is 4.86. The zero-order chi connectivity index (χ0) is 15.1. The molecule has 0 bridgehead atoms. The smallest absolute Gasteiger partial charge is 0.233 e. The highest BCUT2D eigenvalue weighted by molar-refractivity contribution is 9.10. The maximum atomic E-state index is 12.1. The van der Waals surface area contributed by atoms with E-state index in [0.717, 1.165) is 0 Å². The van der Waals surface area contributed by atoms with Crippen LogP contribution >= 0.6 is 15.9 Å². The number of hydrogen-bond donors (Lipinski definition) is 0. The molecule has 2 heterocycles. The third kappa shape index (κ3) is 2.16. The molecule has 0 atom stereocenters. The fourth-order valence-corrected chi connectivity index (χ4v) is 2.68. The van der Waals surface area contributed by atoms with E-state index >= 15 is 0 Å². The predicted octanol–water partition coefficient (Wildman–Crippen LogP) is 3.23. The minimum atomic E-state index is -0.106. The first-order valence-corrected chi connectivity index (χ1v) is 7.00. The second-order valence-electron chi connectivity index (χ2n) is 4.67. The molecule has 0 aliphatic heterocycles. The molecule has 6 heteroatoms. The van der Waals surface area contributed by atoms with Gasteiger partial charge in [0.2, 0.25) is 5.71 Å². The molecular formula is C15H10BrN3O2. The fourth-order valence-electron chi connectivity index (χ4n) is 2.22. The molecule has 0 amide bonds. The van der Waals surface area contributed by atoms with Crippen LogP contribution in [0.25, 0.3) is 16.8 Å². The number of aromatic nitrogens is 2. The molecule has 21 heavy (non-hydrogen) atoms. The van der Waals surface area contributed by atoms with Crippen LogP contribution in [0.5, 0.6) is 0 Å². The molecule has 0 radical (unpaired) electrons. The van der Waals surface area contributed by atoms with Crippen LogP contribution in [0.15, 0.2) is 37.9 Å². The summed E-state index contributed by atoms with van der Waals surface area (Å²) in [6.45, 7) is 3.49. The third-order valence-corrected chi connectivity index (χ3v) is 3.83. The van der Waals surface area contributed by atoms with Gasteiger partial charge < -0.3 is 4.42 Å². The van der Waals surface area contributed by atoms with Crippen molar-refractivity contribution in [3.05, 3.63) is 56.0 Å². The van der Waals surface area contributed by atoms with Gasteiger partial charge in [0.15, 0.2) is 5.43 Å². The first kappa shape index (κ1) is 13.6. The van der Waals surface area contributed by atoms with Crippen LogP contribution in [0.1, 0.15) is 17.0 Å². The van der Waals surface area contributed by atoms with E-state index in [2.05, 4.69) is 27.1 Å². The summed E-state index contributed by atoms with van der Waals surface area (Å²) in [5.41, 5.74) is 2.16. The molecule has 3 rings (SSSR count). The summed E-state index contributed by atoms with van der Waals surface area (Å²) < 4.78 is 7.91. The van der Waals surface area contributed by atoms with Gasteiger partial charge in [-0.1, -0.05) is 0 Å². The van der Waals surface area contributed by atoms with Gasteiger partial charge in [0.25, 0.3) is 0 Å². The Kier molecular flexibility index (Phi) is 3.15. The van der Waals surface area contributed by atoms with E-state index in [1.54, 1.807) is 36.7 Å². The quantitative estimate of drug-likeness (QED) is 0.679. The predicted molar refractivity (Wildman–Crippen MR) is 81.5 cm³/mol. The average Bonchev–Trinajstić information content (AvgIpc) is 2.75. The van der Waals surface area contributed by atoms with Gasteiger partial charge in [0.05, 0.1) is 16.9 Å². The molecule has 0 aliphatic carbocycles. The van der Waals surface area contributed by atoms with Crippen LogP contribution in [0.4, 0.5) is 0 Å². The van der Waals surface area contributed by atoms with E-state index < -0.39 is 0 Å². The van der Waals surface area contributed by atoms with Crippen molar-refractivity contribution in [3.63, 3.8) is 0 Å². The summed E-state index contributed by atoms with van der Waals surface area (Å²) in [5, 5.41) is 13.8. The Hall–Kier alpha value is -2.39. The Morgan fingerprint density at radius 1 is 1.33 bits per heavy atom. The molecule has 0 spiro atoms. The van der Waals surface area contributed by atoms with Crippen molar-refractivity contribution in [2.75, 3.05) is 0 Å². The van der Waals surface area contributed by atoms with Gasteiger partial charge in [-0.15, -0.1) is 0 Å². The minimum absolute atomic E-state index is 0.106. The number of aryl methyl sites for hydroxylation is 2. The molecule has 0 aliphatic rings. The number of halogens is 1. The van der Waals surface area contributed by atoms with E-state index in [0.29, 0.717) is 38.3 Å². The summed E-state index contributed by atoms with van der Waals surface area (Å²) in [7, 11) is 0. The normalized spacial score (nSPS) is 10.8. The van der Waals surface area contributed by atoms with Crippen molar-refractivity contribution >= 4 is 27.0 Å². The lowest BCUT2D eigenvalue weighted by Crippen LogP contribution is -2.02. The molecule has 0 saturated carbocycles. The van der Waals surface area contributed by atoms with E-state index in [1.807, 2.05) is 0 Å². The number of rotatable bonds is 1. The number of benzene rings is 1. The Morgan fingerprint density at radius 2 is 2.10 bits per heavy atom. The van der Waals surface area contributed by atoms with Gasteiger partial charge in [0, 0.05) is 10.5 Å². The summed E-state index contributed by atoms with van der Waals surface area (Å²) in [6.07, 6.45) is 0. The second-order valence-corrected chi connectivity index (χ2v) is 5.53. The maximum Gasteiger partial charge on any atom is 0.233 e. The van der Waals surface area contributed by atoms with Crippen LogP contribution in [-0.2, 0) is 0 Å². The summed E-state index contributed by atoms with van der Waals surface area (Å²) in [4.78, 5) is 12.1. The summed E-state index contributed by atoms with van der Waals surface area (Å²) in [5.74, 6) is 0.529. The zero-order valence-electron chi connectivity index (χ0n) is 11.3. The first-order valence-electron chi connectivity index (χ1n) is 6.21. The SMILES string of the molecule is Cc1cc(=O)c2c(C)nn(-c3ccc(C#N)c(Br)c3)c2o1. The van der Waals surface area contributed by atoms with Crippen molar-refractivity contribution in [1.29, 1.82) is 5.26 Å². The topological polar surface area (TPSA) is 71.8 Å². The van der Waals surface area contributed by atoms with Crippen molar-refractivity contribution < 1.29 is 4.42 Å². The fraction of sp³-hybridized carbons (Fsp3) is 0.133. The molecule has 0 saturated heterocycles. The molecule has 1 aromatic carbocycles. The van der Waals surface area contributed by atoms with Gasteiger partial charge in [0.1, 0.15) is 17.2 Å². The molecular weight excluding hydrogens is 334 g/mol. The molecule has 0 N–H and O–H groups in total. The van der Waals surface area contributed by atoms with Crippen molar-refractivity contribution in [3.8, 4) is 11.8 Å². The standard InChI is InChI=1S/C15H10BrN3O2/c1-8-5-13(20)14-9(2)18-19(15(14)21-8)11-4-3-10(7-17)12(16)6-11/h3-6H,1-2H3. The van der Waals surface area contributed by atoms with Gasteiger partial charge >= 0.3 is 0 Å². The zero-order valence-corrected chi connectivity index (χ0v) is 12.9. The highest BCUT2D eigenvalue weighted by Gasteiger charge is 2.15. The number of hydrogen-bond acceptors (Lipinski definition) is 4. The van der Waals surface area contributed by atoms with Crippen LogP contribution in [0.3, 0.4) is 0 Å². The monoisotopic (exact) mass is 343 g/mol. The first-order chi connectivity index (χ1) is 10.0. The van der Waals surface area contributed by atoms with E-state index in [9.17, 15) is 4.79 Å². The lowest BCUT2D eigenvalue weighted by molar-refractivity contribution is 0.539. The minimum Gasteiger partial charge on any atom is -0.443 e. The molecule has 0 fully saturated rings. The highest BCUT2D eigenvalue weighted by Crippen LogP contribution is 2.24. The van der Waals surface area contributed by atoms with E-state index in [4.69, 9.17) is 9.68 Å². The summed E-state index contributed by atoms with van der Waals surface area (Å²) >= 11 is 3.35. The van der Waals surface area contributed by atoms with Crippen LogP contribution < -0.4 is 5.43 Å². The number of nitrogens with zero attached hydrogens (tertiary/aromatic N) is 3. The van der Waals surface area contributed by atoms with Crippen molar-refractivity contribution in [2.45, 2.75) is 13.8 Å². The van der Waals surface area contributed by atoms with Crippen molar-refractivity contribution in [1.82, 2.24) is 9.78 Å². The van der Waals surface area contributed by atoms with Gasteiger partial charge in [-0.25, -0.2) is 0 Å². The number of nitriles is 1. The molecule has 5 nitrogen and oxygen atoms in total. The van der Waals surface area contributed by atoms with Crippen molar-refractivity contribution in [2.24, 2.45) is 0 Å². The third-order valence-electron chi connectivity index (χ3n) is 3.17. The van der Waals surface area contributed by atoms with Gasteiger partial charge in [-0.3, -0.25) is 4.79 Å². The Labute approximate surface area is 128 Å². The Morgan fingerprint density at radius 3 is 2.76 bits per heavy atom. The molecule has 0 unspecified atom stereocenters. The number of fused-ring (bicyclic) bond motifs is 1. The maximum absolute atomic E-state index is 12.1. The average molecular weight is 344 g/mol. The van der Waals surface area contributed by atoms with E-state index in [-0.39, 0.29) is 5.43 Å². The molecule has 3 aromatic rings. The van der Waals surface area contributed by atoms with E-state index in [1.165, 1.54) is 6.07 Å². The van der Waals surface area contributed by atoms with Gasteiger partial charge in [-0.2, -0.15) is 15.0 Å². The van der Waals surface area contributed by atoms with Crippen LogP contribution in [0, 0.1) is 25.2 Å². The molecule has 104 valence electrons. The Balaban J connectivity index is 2.34. The molecule has 2 aromatic heterocycles. The summed E-state index contributed by atoms with van der Waals surface area (Å²) in [6, 6.07) is 8.76. The van der Waals surface area contributed by atoms with Gasteiger partial charge in [-0.05, 0) is 48.0 Å². The largest absolute Gasteiger partial charge is 0.443 e. The lowest BCUT2D eigenvalue weighted by Gasteiger charge is -2.04. The lowest BCUT2D eigenvalue weighted by atomic mass is 10.2. The highest BCUT2D eigenvalue weighted by atomic mass is 79.9. The Bertz CT molecular complexity index is 963. The van der Waals surface area contributed by atoms with Crippen LogP contribution in [-0.4, -0.2) is 9.78 Å².